The average Bonchev–Trinajstić information content (AvgIpc) is 3.54. The Morgan fingerprint density at radius 3 is 2.58 bits per heavy atom. The fourth-order valence-corrected chi connectivity index (χ4v) is 5.03. The molecule has 0 amide bonds. The molecule has 0 saturated carbocycles. The summed E-state index contributed by atoms with van der Waals surface area (Å²) in [4.78, 5) is 8.89. The Balaban J connectivity index is 1.21. The number of ether oxygens (including phenoxy) is 3. The van der Waals surface area contributed by atoms with Crippen LogP contribution in [0.15, 0.2) is 55.1 Å². The molecule has 5 rings (SSSR count). The zero-order valence-corrected chi connectivity index (χ0v) is 21.3. The summed E-state index contributed by atoms with van der Waals surface area (Å²) >= 11 is 6.38. The molecule has 2 saturated heterocycles. The van der Waals surface area contributed by atoms with Gasteiger partial charge in [-0.15, -0.1) is 0 Å². The van der Waals surface area contributed by atoms with Crippen molar-refractivity contribution in [3.05, 3.63) is 71.5 Å². The quantitative estimate of drug-likeness (QED) is 0.450. The SMILES string of the molecule is CC(C)N1CCN(c2ccc(OCC3COC(Cn4cncn4)(c4ccc(F)cc4Cl)O3)cc2)CC1. The molecule has 0 N–H and O–H groups in total. The third-order valence-corrected chi connectivity index (χ3v) is 7.03. The highest BCUT2D eigenvalue weighted by Gasteiger charge is 2.45. The molecule has 2 unspecified atom stereocenters. The predicted molar refractivity (Wildman–Crippen MR) is 135 cm³/mol. The third kappa shape index (κ3) is 5.49. The first-order chi connectivity index (χ1) is 17.4. The van der Waals surface area contributed by atoms with Crippen molar-refractivity contribution in [1.82, 2.24) is 19.7 Å². The number of anilines is 1. The molecule has 2 aliphatic heterocycles. The Morgan fingerprint density at radius 1 is 1.14 bits per heavy atom. The number of rotatable bonds is 8. The lowest BCUT2D eigenvalue weighted by atomic mass is 10.1. The number of piperazine rings is 1. The lowest BCUT2D eigenvalue weighted by Gasteiger charge is -2.38. The number of hydrogen-bond acceptors (Lipinski definition) is 7. The van der Waals surface area contributed by atoms with Gasteiger partial charge in [0.2, 0.25) is 5.79 Å². The van der Waals surface area contributed by atoms with Crippen molar-refractivity contribution in [3.8, 4) is 5.75 Å². The maximum atomic E-state index is 13.7. The normalized spacial score (nSPS) is 22.9. The Labute approximate surface area is 215 Å². The summed E-state index contributed by atoms with van der Waals surface area (Å²) in [5.41, 5.74) is 1.73. The van der Waals surface area contributed by atoms with E-state index in [1.165, 1.54) is 24.1 Å². The molecule has 8 nitrogen and oxygen atoms in total. The van der Waals surface area contributed by atoms with Gasteiger partial charge in [-0.25, -0.2) is 14.1 Å². The minimum atomic E-state index is -1.23. The minimum Gasteiger partial charge on any atom is -0.491 e. The summed E-state index contributed by atoms with van der Waals surface area (Å²) in [5, 5.41) is 4.39. The van der Waals surface area contributed by atoms with Crippen LogP contribution in [0.2, 0.25) is 5.02 Å². The number of hydrogen-bond donors (Lipinski definition) is 0. The Morgan fingerprint density at radius 2 is 1.92 bits per heavy atom. The highest BCUT2D eigenvalue weighted by atomic mass is 35.5. The molecule has 0 bridgehead atoms. The molecule has 0 aliphatic carbocycles. The lowest BCUT2D eigenvalue weighted by Crippen LogP contribution is -2.48. The van der Waals surface area contributed by atoms with Gasteiger partial charge in [-0.05, 0) is 56.3 Å². The highest BCUT2D eigenvalue weighted by Crippen LogP contribution is 2.40. The molecule has 3 aromatic rings. The van der Waals surface area contributed by atoms with E-state index in [1.807, 2.05) is 12.1 Å². The van der Waals surface area contributed by atoms with Crippen molar-refractivity contribution in [1.29, 1.82) is 0 Å². The van der Waals surface area contributed by atoms with E-state index in [9.17, 15) is 4.39 Å². The van der Waals surface area contributed by atoms with Gasteiger partial charge in [0.05, 0.1) is 11.6 Å². The van der Waals surface area contributed by atoms with Crippen LogP contribution < -0.4 is 9.64 Å². The summed E-state index contributed by atoms with van der Waals surface area (Å²) in [6.07, 6.45) is 2.65. The molecule has 1 aromatic heterocycles. The van der Waals surface area contributed by atoms with Gasteiger partial charge >= 0.3 is 0 Å². The van der Waals surface area contributed by atoms with Gasteiger partial charge in [0.15, 0.2) is 0 Å². The van der Waals surface area contributed by atoms with E-state index in [1.54, 1.807) is 17.1 Å². The molecular formula is C26H31ClFN5O3. The molecule has 10 heteroatoms. The van der Waals surface area contributed by atoms with Crippen LogP contribution in [0.5, 0.6) is 5.75 Å². The topological polar surface area (TPSA) is 64.9 Å². The molecule has 2 aromatic carbocycles. The van der Waals surface area contributed by atoms with Gasteiger partial charge in [0.25, 0.3) is 0 Å². The Kier molecular flexibility index (Phi) is 7.43. The van der Waals surface area contributed by atoms with E-state index in [0.717, 1.165) is 31.9 Å². The fraction of sp³-hybridized carbons (Fsp3) is 0.462. The van der Waals surface area contributed by atoms with Crippen molar-refractivity contribution in [2.75, 3.05) is 44.3 Å². The van der Waals surface area contributed by atoms with E-state index in [4.69, 9.17) is 25.8 Å². The summed E-state index contributed by atoms with van der Waals surface area (Å²) in [6.45, 7) is 9.48. The standard InChI is InChI=1S/C26H31ClFN5O3/c1-19(2)31-9-11-32(12-10-31)21-4-6-22(7-5-21)34-14-23-15-35-26(36-23,16-33-18-29-17-30-33)24-8-3-20(28)13-25(24)27/h3-8,13,17-19,23H,9-12,14-16H2,1-2H3. The van der Waals surface area contributed by atoms with Crippen LogP contribution in [0.25, 0.3) is 0 Å². The molecule has 3 heterocycles. The van der Waals surface area contributed by atoms with Crippen molar-refractivity contribution >= 4 is 17.3 Å². The largest absolute Gasteiger partial charge is 0.491 e. The average molecular weight is 516 g/mol. The lowest BCUT2D eigenvalue weighted by molar-refractivity contribution is -0.190. The molecule has 2 atom stereocenters. The molecular weight excluding hydrogens is 485 g/mol. The number of halogens is 2. The van der Waals surface area contributed by atoms with Gasteiger partial charge in [-0.2, -0.15) is 5.10 Å². The van der Waals surface area contributed by atoms with Gasteiger partial charge in [0.1, 0.15) is 43.5 Å². The van der Waals surface area contributed by atoms with Crippen LogP contribution in [0.4, 0.5) is 10.1 Å². The number of benzene rings is 2. The van der Waals surface area contributed by atoms with E-state index in [2.05, 4.69) is 45.9 Å². The molecule has 2 fully saturated rings. The smallest absolute Gasteiger partial charge is 0.217 e. The maximum absolute atomic E-state index is 13.7. The summed E-state index contributed by atoms with van der Waals surface area (Å²) in [6, 6.07) is 12.9. The third-order valence-electron chi connectivity index (χ3n) is 6.72. The van der Waals surface area contributed by atoms with Gasteiger partial charge in [-0.1, -0.05) is 11.6 Å². The number of nitrogens with zero attached hydrogens (tertiary/aromatic N) is 5. The first kappa shape index (κ1) is 25.0. The van der Waals surface area contributed by atoms with Gasteiger partial charge < -0.3 is 19.1 Å². The van der Waals surface area contributed by atoms with Crippen LogP contribution in [0.1, 0.15) is 19.4 Å². The molecule has 0 radical (unpaired) electrons. The van der Waals surface area contributed by atoms with Crippen molar-refractivity contribution in [2.45, 2.75) is 38.3 Å². The van der Waals surface area contributed by atoms with Crippen molar-refractivity contribution < 1.29 is 18.6 Å². The number of aromatic nitrogens is 3. The zero-order valence-electron chi connectivity index (χ0n) is 20.5. The van der Waals surface area contributed by atoms with Crippen LogP contribution in [0, 0.1) is 5.82 Å². The molecule has 0 spiro atoms. The maximum Gasteiger partial charge on any atom is 0.217 e. The van der Waals surface area contributed by atoms with Gasteiger partial charge in [0, 0.05) is 43.5 Å². The second-order valence-corrected chi connectivity index (χ2v) is 9.85. The minimum absolute atomic E-state index is 0.216. The van der Waals surface area contributed by atoms with Crippen LogP contribution in [0.3, 0.4) is 0 Å². The molecule has 2 aliphatic rings. The van der Waals surface area contributed by atoms with E-state index >= 15 is 0 Å². The Hall–Kier alpha value is -2.72. The predicted octanol–water partition coefficient (Wildman–Crippen LogP) is 3.95. The summed E-state index contributed by atoms with van der Waals surface area (Å²) < 4.78 is 33.8. The zero-order chi connectivity index (χ0) is 25.1. The molecule has 36 heavy (non-hydrogen) atoms. The Bertz CT molecular complexity index is 1140. The fourth-order valence-electron chi connectivity index (χ4n) is 4.72. The van der Waals surface area contributed by atoms with Crippen LogP contribution >= 0.6 is 11.6 Å². The van der Waals surface area contributed by atoms with Crippen LogP contribution in [-0.2, 0) is 21.8 Å². The second-order valence-electron chi connectivity index (χ2n) is 9.44. The van der Waals surface area contributed by atoms with Crippen molar-refractivity contribution in [3.63, 3.8) is 0 Å². The summed E-state index contributed by atoms with van der Waals surface area (Å²) in [7, 11) is 0. The first-order valence-corrected chi connectivity index (χ1v) is 12.6. The van der Waals surface area contributed by atoms with E-state index in [0.29, 0.717) is 24.8 Å². The molecule has 192 valence electrons. The second kappa shape index (κ2) is 10.7. The monoisotopic (exact) mass is 515 g/mol. The van der Waals surface area contributed by atoms with Gasteiger partial charge in [-0.3, -0.25) is 4.90 Å². The van der Waals surface area contributed by atoms with Crippen molar-refractivity contribution in [2.24, 2.45) is 0 Å². The highest BCUT2D eigenvalue weighted by molar-refractivity contribution is 6.31. The first-order valence-electron chi connectivity index (χ1n) is 12.2. The van der Waals surface area contributed by atoms with E-state index < -0.39 is 11.6 Å². The van der Waals surface area contributed by atoms with Crippen LogP contribution in [-0.4, -0.2) is 71.2 Å². The summed E-state index contributed by atoms with van der Waals surface area (Å²) in [5.74, 6) is -0.895. The van der Waals surface area contributed by atoms with E-state index in [-0.39, 0.29) is 17.7 Å².